The number of hydrogen-bond donors (Lipinski definition) is 1. The van der Waals surface area contributed by atoms with Gasteiger partial charge < -0.3 is 0 Å². The Kier molecular flexibility index (Phi) is 2.01. The number of carbonyl (C=O) groups excluding carboxylic acids is 1. The lowest BCUT2D eigenvalue weighted by Crippen LogP contribution is -3.12. The van der Waals surface area contributed by atoms with E-state index in [-0.39, 0.29) is 5.91 Å². The zero-order valence-electron chi connectivity index (χ0n) is 6.18. The van der Waals surface area contributed by atoms with Crippen LogP contribution in [0.15, 0.2) is 0 Å². The van der Waals surface area contributed by atoms with Gasteiger partial charge in [-0.3, -0.25) is 14.6 Å². The number of nitrogens with one attached hydrogen (secondary N) is 1. The molecular weight excluding hydrogens is 148 g/mol. The van der Waals surface area contributed by atoms with Gasteiger partial charge in [-0.15, -0.1) is 0 Å². The van der Waals surface area contributed by atoms with Crippen LogP contribution in [0.25, 0.3) is 0 Å². The van der Waals surface area contributed by atoms with Crippen molar-refractivity contribution < 1.29 is 9.69 Å². The molecular formula is C6H11N2OS+. The first-order valence-corrected chi connectivity index (χ1v) is 3.73. The van der Waals surface area contributed by atoms with Gasteiger partial charge in [-0.2, -0.15) is 0 Å². The molecule has 1 fully saturated rings. The normalized spacial score (nSPS) is 26.2. The average molecular weight is 159 g/mol. The van der Waals surface area contributed by atoms with Gasteiger partial charge in [-0.25, -0.2) is 0 Å². The molecule has 0 radical (unpaired) electrons. The van der Waals surface area contributed by atoms with Gasteiger partial charge in [0.1, 0.15) is 0 Å². The van der Waals surface area contributed by atoms with Gasteiger partial charge in [0.25, 0.3) is 11.0 Å². The summed E-state index contributed by atoms with van der Waals surface area (Å²) in [6.07, 6.45) is 0. The number of likely N-dealkylation sites (N-methyl/N-ethyl adjacent to an activating group) is 2. The van der Waals surface area contributed by atoms with E-state index in [0.717, 1.165) is 16.6 Å². The fourth-order valence-electron chi connectivity index (χ4n) is 1.00. The number of carbonyl (C=O) groups is 1. The molecule has 1 heterocycles. The number of thiocarbonyl (C=S) groups is 1. The molecule has 1 aliphatic rings. The maximum absolute atomic E-state index is 11.0. The van der Waals surface area contributed by atoms with E-state index in [9.17, 15) is 4.79 Å². The molecule has 1 atom stereocenters. The second kappa shape index (κ2) is 2.64. The first-order chi connectivity index (χ1) is 4.66. The Labute approximate surface area is 65.6 Å². The highest BCUT2D eigenvalue weighted by Crippen LogP contribution is 1.88. The third-order valence-electron chi connectivity index (χ3n) is 1.77. The second-order valence-electron chi connectivity index (χ2n) is 2.39. The lowest BCUT2D eigenvalue weighted by molar-refractivity contribution is -0.788. The molecule has 1 N–H and O–H groups in total. The van der Waals surface area contributed by atoms with Gasteiger partial charge in [0.05, 0.1) is 6.54 Å². The number of hydrogen-bond acceptors (Lipinski definition) is 2. The third-order valence-corrected chi connectivity index (χ3v) is 2.34. The van der Waals surface area contributed by atoms with Gasteiger partial charge >= 0.3 is 0 Å². The van der Waals surface area contributed by atoms with Crippen LogP contribution in [0, 0.1) is 0 Å². The molecule has 0 spiro atoms. The lowest BCUT2D eigenvalue weighted by Gasteiger charge is -2.07. The van der Waals surface area contributed by atoms with Crippen molar-refractivity contribution in [3.05, 3.63) is 0 Å². The highest BCUT2D eigenvalue weighted by molar-refractivity contribution is 7.79. The first kappa shape index (κ1) is 7.63. The summed E-state index contributed by atoms with van der Waals surface area (Å²) in [6, 6.07) is 0. The van der Waals surface area contributed by atoms with Crippen LogP contribution in [-0.2, 0) is 4.79 Å². The molecule has 1 saturated heterocycles. The van der Waals surface area contributed by atoms with E-state index in [4.69, 9.17) is 12.2 Å². The van der Waals surface area contributed by atoms with Crippen molar-refractivity contribution in [1.29, 1.82) is 0 Å². The zero-order chi connectivity index (χ0) is 7.72. The molecule has 1 unspecified atom stereocenters. The molecule has 56 valence electrons. The smallest absolute Gasteiger partial charge is 0.270 e. The minimum Gasteiger partial charge on any atom is -0.270 e. The Bertz CT molecular complexity index is 181. The van der Waals surface area contributed by atoms with E-state index < -0.39 is 0 Å². The molecule has 0 aromatic heterocycles. The van der Waals surface area contributed by atoms with E-state index in [1.807, 2.05) is 6.92 Å². The van der Waals surface area contributed by atoms with Crippen LogP contribution >= 0.6 is 12.2 Å². The Morgan fingerprint density at radius 2 is 2.40 bits per heavy atom. The van der Waals surface area contributed by atoms with Crippen molar-refractivity contribution in [2.75, 3.05) is 20.1 Å². The van der Waals surface area contributed by atoms with Crippen LogP contribution < -0.4 is 4.90 Å². The lowest BCUT2D eigenvalue weighted by atomic mass is 10.5. The van der Waals surface area contributed by atoms with Crippen LogP contribution in [0.4, 0.5) is 0 Å². The van der Waals surface area contributed by atoms with Crippen molar-refractivity contribution in [3.8, 4) is 0 Å². The van der Waals surface area contributed by atoms with Crippen LogP contribution in [-0.4, -0.2) is 36.1 Å². The number of rotatable bonds is 1. The number of quaternary nitrogens is 1. The van der Waals surface area contributed by atoms with Gasteiger partial charge in [0, 0.05) is 19.3 Å². The SMILES string of the molecule is CC[NH+]1CC(=O)N(C)C1=S. The Balaban J connectivity index is 2.71. The van der Waals surface area contributed by atoms with E-state index in [1.54, 1.807) is 11.9 Å². The summed E-state index contributed by atoms with van der Waals surface area (Å²) in [5.74, 6) is 0.127. The monoisotopic (exact) mass is 159 g/mol. The average Bonchev–Trinajstić information content (AvgIpc) is 2.17. The molecule has 0 aromatic rings. The van der Waals surface area contributed by atoms with Crippen molar-refractivity contribution >= 4 is 23.2 Å². The van der Waals surface area contributed by atoms with Crippen LogP contribution in [0.2, 0.25) is 0 Å². The maximum atomic E-state index is 11.0. The Morgan fingerprint density at radius 1 is 1.80 bits per heavy atom. The second-order valence-corrected chi connectivity index (χ2v) is 2.78. The molecule has 1 rings (SSSR count). The summed E-state index contributed by atoms with van der Waals surface area (Å²) in [4.78, 5) is 13.6. The van der Waals surface area contributed by atoms with E-state index >= 15 is 0 Å². The maximum Gasteiger partial charge on any atom is 0.287 e. The molecule has 1 aliphatic heterocycles. The van der Waals surface area contributed by atoms with Crippen LogP contribution in [0.3, 0.4) is 0 Å². The molecule has 3 nitrogen and oxygen atoms in total. The van der Waals surface area contributed by atoms with Gasteiger partial charge in [-0.05, 0) is 6.92 Å². The molecule has 4 heteroatoms. The molecule has 0 aromatic carbocycles. The molecule has 0 saturated carbocycles. The Morgan fingerprint density at radius 3 is 2.60 bits per heavy atom. The summed E-state index contributed by atoms with van der Waals surface area (Å²) in [5.41, 5.74) is 0. The van der Waals surface area contributed by atoms with Crippen molar-refractivity contribution in [2.45, 2.75) is 6.92 Å². The fraction of sp³-hybridized carbons (Fsp3) is 0.667. The van der Waals surface area contributed by atoms with Gasteiger partial charge in [0.15, 0.2) is 6.54 Å². The standard InChI is InChI=1S/C6H10N2OS/c1-3-8-4-5(9)7(2)6(8)10/h3-4H2,1-2H3/p+1. The van der Waals surface area contributed by atoms with E-state index in [1.165, 1.54) is 0 Å². The minimum atomic E-state index is 0.127. The molecule has 0 aliphatic carbocycles. The largest absolute Gasteiger partial charge is 0.287 e. The summed E-state index contributed by atoms with van der Waals surface area (Å²) in [7, 11) is 1.73. The Hall–Kier alpha value is -0.480. The summed E-state index contributed by atoms with van der Waals surface area (Å²) >= 11 is 5.01. The van der Waals surface area contributed by atoms with E-state index in [2.05, 4.69) is 0 Å². The molecule has 0 bridgehead atoms. The first-order valence-electron chi connectivity index (χ1n) is 3.32. The molecule has 1 amide bonds. The van der Waals surface area contributed by atoms with Crippen molar-refractivity contribution in [2.24, 2.45) is 0 Å². The topological polar surface area (TPSA) is 24.8 Å². The summed E-state index contributed by atoms with van der Waals surface area (Å²) in [6.45, 7) is 3.45. The summed E-state index contributed by atoms with van der Waals surface area (Å²) in [5, 5.41) is 0.729. The molecule has 10 heavy (non-hydrogen) atoms. The van der Waals surface area contributed by atoms with E-state index in [0.29, 0.717) is 6.54 Å². The zero-order valence-corrected chi connectivity index (χ0v) is 6.99. The summed E-state index contributed by atoms with van der Waals surface area (Å²) < 4.78 is 0. The predicted octanol–water partition coefficient (Wildman–Crippen LogP) is -1.35. The van der Waals surface area contributed by atoms with Crippen LogP contribution in [0.1, 0.15) is 6.92 Å². The van der Waals surface area contributed by atoms with Gasteiger partial charge in [0.2, 0.25) is 0 Å². The van der Waals surface area contributed by atoms with Crippen molar-refractivity contribution in [3.63, 3.8) is 0 Å². The van der Waals surface area contributed by atoms with Gasteiger partial charge in [-0.1, -0.05) is 0 Å². The number of amides is 1. The highest BCUT2D eigenvalue weighted by Gasteiger charge is 2.33. The minimum absolute atomic E-state index is 0.127. The predicted molar refractivity (Wildman–Crippen MR) is 41.7 cm³/mol. The van der Waals surface area contributed by atoms with Crippen molar-refractivity contribution in [1.82, 2.24) is 4.90 Å². The highest BCUT2D eigenvalue weighted by atomic mass is 32.1. The number of nitrogens with zero attached hydrogens (tertiary/aromatic N) is 1. The quantitative estimate of drug-likeness (QED) is 0.478. The third kappa shape index (κ3) is 1.04. The van der Waals surface area contributed by atoms with Crippen LogP contribution in [0.5, 0.6) is 0 Å². The fourth-order valence-corrected chi connectivity index (χ4v) is 1.32.